The van der Waals surface area contributed by atoms with Gasteiger partial charge in [-0.25, -0.2) is 0 Å². The van der Waals surface area contributed by atoms with Crippen molar-refractivity contribution in [2.45, 2.75) is 0 Å². The van der Waals surface area contributed by atoms with E-state index in [9.17, 15) is 18.3 Å². The first kappa shape index (κ1) is 37.4. The third-order valence-corrected chi connectivity index (χ3v) is 4.07. The fraction of sp³-hybridized carbons (Fsp3) is 1.00. The molecular weight excluding hydrogens is 650 g/mol. The molecule has 25 heavy (non-hydrogen) atoms. The van der Waals surface area contributed by atoms with Crippen LogP contribution in [0.2, 0.25) is 0 Å². The first-order valence-electron chi connectivity index (χ1n) is 5.68. The van der Waals surface area contributed by atoms with Crippen LogP contribution < -0.4 is 0 Å². The summed E-state index contributed by atoms with van der Waals surface area (Å²) < 4.78 is 55.9. The first-order valence-corrected chi connectivity index (χ1v) is 13.8. The van der Waals surface area contributed by atoms with Crippen LogP contribution in [0, 0.1) is 31.1 Å². The molecular formula is C8H28O12P4U. The molecule has 0 spiro atoms. The Morgan fingerprint density at radius 2 is 0.520 bits per heavy atom. The summed E-state index contributed by atoms with van der Waals surface area (Å²) in [5, 5.41) is 0. The van der Waals surface area contributed by atoms with Gasteiger partial charge in [0.25, 0.3) is 0 Å². The zero-order valence-corrected chi connectivity index (χ0v) is 23.1. The van der Waals surface area contributed by atoms with E-state index >= 15 is 0 Å². The standard InChI is InChI=1S/4C2H7O3P.U/c4*1-5-6(2,3)4;/h4*1-2H3,(H,3,4);. The molecule has 0 aliphatic carbocycles. The SMILES string of the molecule is COP(C)(=O)O.COP(C)(=O)O.COP(C)(=O)O.COP(C)(=O)O.[U]. The van der Waals surface area contributed by atoms with Crippen LogP contribution in [0.15, 0.2) is 0 Å². The Bertz CT molecular complexity index is 386. The molecule has 0 saturated carbocycles. The topological polar surface area (TPSA) is 186 Å². The predicted molar refractivity (Wildman–Crippen MR) is 91.0 cm³/mol. The second-order valence-corrected chi connectivity index (χ2v) is 11.8. The molecule has 0 heterocycles. The number of hydrogen-bond donors (Lipinski definition) is 4. The van der Waals surface area contributed by atoms with Crippen LogP contribution in [0.25, 0.3) is 0 Å². The Hall–Kier alpha value is 1.65. The van der Waals surface area contributed by atoms with Crippen molar-refractivity contribution in [1.82, 2.24) is 0 Å². The Morgan fingerprint density at radius 3 is 0.520 bits per heavy atom. The van der Waals surface area contributed by atoms with E-state index in [1.54, 1.807) is 0 Å². The fourth-order valence-corrected chi connectivity index (χ4v) is 0. The van der Waals surface area contributed by atoms with Crippen molar-refractivity contribution < 1.29 is 87.0 Å². The normalized spacial score (nSPS) is 19.0. The van der Waals surface area contributed by atoms with E-state index in [1.165, 1.54) is 28.4 Å². The zero-order chi connectivity index (χ0) is 20.8. The minimum absolute atomic E-state index is 0. The maximum Gasteiger partial charge on any atom is 0.324 e. The molecule has 0 aromatic carbocycles. The summed E-state index contributed by atoms with van der Waals surface area (Å²) in [6, 6.07) is 0. The molecule has 0 saturated heterocycles. The maximum atomic E-state index is 9.92. The van der Waals surface area contributed by atoms with Crippen LogP contribution in [-0.4, -0.2) is 74.7 Å². The van der Waals surface area contributed by atoms with Gasteiger partial charge in [0.2, 0.25) is 0 Å². The summed E-state index contributed by atoms with van der Waals surface area (Å²) in [6.07, 6.45) is 0. The van der Waals surface area contributed by atoms with Crippen LogP contribution in [0.1, 0.15) is 0 Å². The average Bonchev–Trinajstić information content (AvgIpc) is 2.37. The van der Waals surface area contributed by atoms with Crippen LogP contribution in [0.3, 0.4) is 0 Å². The molecule has 0 aliphatic heterocycles. The second-order valence-electron chi connectivity index (χ2n) is 3.94. The van der Waals surface area contributed by atoms with E-state index in [0.29, 0.717) is 0 Å². The molecule has 4 N–H and O–H groups in total. The van der Waals surface area contributed by atoms with Gasteiger partial charge in [0.05, 0.1) is 0 Å². The largest absolute Gasteiger partial charge is 0.324 e. The van der Waals surface area contributed by atoms with Gasteiger partial charge < -0.3 is 37.7 Å². The Kier molecular flexibility index (Phi) is 26.5. The molecule has 4 unspecified atom stereocenters. The molecule has 0 amide bonds. The van der Waals surface area contributed by atoms with Crippen molar-refractivity contribution in [2.24, 2.45) is 0 Å². The maximum absolute atomic E-state index is 9.92. The Balaban J connectivity index is -0.0000000702. The van der Waals surface area contributed by atoms with Gasteiger partial charge in [-0.2, -0.15) is 0 Å². The van der Waals surface area contributed by atoms with Crippen LogP contribution >= 0.6 is 30.4 Å². The average molecular weight is 678 g/mol. The smallest absolute Gasteiger partial charge is 0.324 e. The summed E-state index contributed by atoms with van der Waals surface area (Å²) in [4.78, 5) is 32.6. The summed E-state index contributed by atoms with van der Waals surface area (Å²) in [5.41, 5.74) is 0. The van der Waals surface area contributed by atoms with E-state index in [2.05, 4.69) is 18.1 Å². The summed E-state index contributed by atoms with van der Waals surface area (Å²) in [5.74, 6) is 0. The van der Waals surface area contributed by atoms with Gasteiger partial charge in [0, 0.05) is 86.2 Å². The van der Waals surface area contributed by atoms with Crippen molar-refractivity contribution in [2.75, 3.05) is 55.1 Å². The van der Waals surface area contributed by atoms with Gasteiger partial charge in [0.1, 0.15) is 0 Å². The van der Waals surface area contributed by atoms with Gasteiger partial charge >= 0.3 is 30.4 Å². The van der Waals surface area contributed by atoms with Gasteiger partial charge in [0.15, 0.2) is 0 Å². The molecule has 12 nitrogen and oxygen atoms in total. The van der Waals surface area contributed by atoms with Crippen molar-refractivity contribution >= 4 is 30.4 Å². The fourth-order valence-electron chi connectivity index (χ4n) is 0. The first-order chi connectivity index (χ1) is 10.2. The van der Waals surface area contributed by atoms with E-state index in [4.69, 9.17) is 19.6 Å². The van der Waals surface area contributed by atoms with Crippen LogP contribution in [0.5, 0.6) is 0 Å². The second kappa shape index (κ2) is 17.7. The minimum Gasteiger partial charge on any atom is -0.324 e. The molecule has 4 atom stereocenters. The zero-order valence-electron chi connectivity index (χ0n) is 15.3. The van der Waals surface area contributed by atoms with Gasteiger partial charge in [-0.1, -0.05) is 0 Å². The van der Waals surface area contributed by atoms with E-state index in [0.717, 1.165) is 26.7 Å². The van der Waals surface area contributed by atoms with E-state index in [1.807, 2.05) is 0 Å². The third kappa shape index (κ3) is 77.0. The molecule has 0 aliphatic rings. The predicted octanol–water partition coefficient (Wildman–Crippen LogP) is 1.79. The van der Waals surface area contributed by atoms with E-state index in [-0.39, 0.29) is 31.1 Å². The Labute approximate surface area is 172 Å². The summed E-state index contributed by atoms with van der Waals surface area (Å²) in [7, 11) is -7.81. The number of hydrogen-bond acceptors (Lipinski definition) is 8. The quantitative estimate of drug-likeness (QED) is 0.317. The van der Waals surface area contributed by atoms with Gasteiger partial charge in [-0.15, -0.1) is 0 Å². The van der Waals surface area contributed by atoms with Crippen molar-refractivity contribution in [3.63, 3.8) is 0 Å². The number of rotatable bonds is 4. The minimum atomic E-state index is -3.15. The van der Waals surface area contributed by atoms with Crippen molar-refractivity contribution in [1.29, 1.82) is 0 Å². The summed E-state index contributed by atoms with van der Waals surface area (Å²) in [6.45, 7) is 4.53. The van der Waals surface area contributed by atoms with Crippen LogP contribution in [0.4, 0.5) is 0 Å². The summed E-state index contributed by atoms with van der Waals surface area (Å²) >= 11 is 0. The Morgan fingerprint density at radius 1 is 0.480 bits per heavy atom. The molecule has 0 rings (SSSR count). The monoisotopic (exact) mass is 678 g/mol. The van der Waals surface area contributed by atoms with Crippen LogP contribution in [-0.2, 0) is 36.4 Å². The van der Waals surface area contributed by atoms with E-state index < -0.39 is 30.4 Å². The van der Waals surface area contributed by atoms with Crippen molar-refractivity contribution in [3.8, 4) is 0 Å². The molecule has 0 fully saturated rings. The molecule has 0 aromatic rings. The van der Waals surface area contributed by atoms with Gasteiger partial charge in [-0.05, 0) is 0 Å². The van der Waals surface area contributed by atoms with Gasteiger partial charge in [-0.3, -0.25) is 18.3 Å². The van der Waals surface area contributed by atoms with Crippen molar-refractivity contribution in [3.05, 3.63) is 0 Å². The molecule has 17 heteroatoms. The molecule has 0 bridgehead atoms. The molecule has 0 aromatic heterocycles. The molecule has 156 valence electrons. The third-order valence-electron chi connectivity index (χ3n) is 1.36. The molecule has 0 radical (unpaired) electrons.